The average Bonchev–Trinajstić information content (AvgIpc) is 3.40. The molecule has 4 rings (SSSR count). The van der Waals surface area contributed by atoms with E-state index in [4.69, 9.17) is 9.15 Å². The Labute approximate surface area is 159 Å². The van der Waals surface area contributed by atoms with Crippen LogP contribution in [0.3, 0.4) is 0 Å². The summed E-state index contributed by atoms with van der Waals surface area (Å²) < 4.78 is 13.3. The molecule has 1 N–H and O–H groups in total. The van der Waals surface area contributed by atoms with Gasteiger partial charge in [0, 0.05) is 50.7 Å². The van der Waals surface area contributed by atoms with Crippen molar-refractivity contribution >= 4 is 5.91 Å². The van der Waals surface area contributed by atoms with Crippen LogP contribution in [-0.2, 0) is 11.3 Å². The predicted octanol–water partition coefficient (Wildman–Crippen LogP) is 2.61. The molecule has 1 amide bonds. The number of aryl methyl sites for hydroxylation is 1. The van der Waals surface area contributed by atoms with E-state index in [1.807, 2.05) is 17.3 Å². The van der Waals surface area contributed by atoms with Crippen molar-refractivity contribution in [3.05, 3.63) is 42.4 Å². The van der Waals surface area contributed by atoms with E-state index in [0.29, 0.717) is 11.6 Å². The van der Waals surface area contributed by atoms with Gasteiger partial charge in [-0.3, -0.25) is 4.79 Å². The van der Waals surface area contributed by atoms with Crippen LogP contribution in [0.4, 0.5) is 0 Å². The Kier molecular flexibility index (Phi) is 5.59. The lowest BCUT2D eigenvalue weighted by molar-refractivity contribution is -0.0227. The lowest BCUT2D eigenvalue weighted by Gasteiger charge is -2.38. The van der Waals surface area contributed by atoms with Gasteiger partial charge in [-0.05, 0) is 38.7 Å². The van der Waals surface area contributed by atoms with E-state index < -0.39 is 0 Å². The number of rotatable bonds is 5. The maximum absolute atomic E-state index is 12.5. The van der Waals surface area contributed by atoms with Gasteiger partial charge in [0.05, 0.1) is 11.8 Å². The van der Waals surface area contributed by atoms with Gasteiger partial charge >= 0.3 is 0 Å². The third-order valence-corrected chi connectivity index (χ3v) is 5.67. The number of nitrogens with one attached hydrogen (secondary N) is 1. The minimum Gasteiger partial charge on any atom is -0.472 e. The molecule has 146 valence electrons. The van der Waals surface area contributed by atoms with E-state index in [1.165, 1.54) is 6.26 Å². The SMILES string of the molecule is CCn1ccnc1[C@H]1OCCC[C@@H]1NC1CCN(C(=O)c2ccoc2)CC1. The molecule has 7 nitrogen and oxygen atoms in total. The molecule has 2 aromatic rings. The first-order valence-electron chi connectivity index (χ1n) is 9.96. The molecule has 2 atom stereocenters. The Bertz CT molecular complexity index is 734. The van der Waals surface area contributed by atoms with Gasteiger partial charge in [0.2, 0.25) is 0 Å². The molecule has 2 aliphatic heterocycles. The number of aromatic nitrogens is 2. The van der Waals surface area contributed by atoms with Crippen LogP contribution in [-0.4, -0.2) is 52.1 Å². The maximum atomic E-state index is 12.5. The molecule has 2 fully saturated rings. The molecule has 4 heterocycles. The van der Waals surface area contributed by atoms with Crippen molar-refractivity contribution in [3.63, 3.8) is 0 Å². The highest BCUT2D eigenvalue weighted by atomic mass is 16.5. The van der Waals surface area contributed by atoms with Crippen LogP contribution in [0, 0.1) is 0 Å². The molecule has 2 saturated heterocycles. The summed E-state index contributed by atoms with van der Waals surface area (Å²) in [5.41, 5.74) is 0.633. The molecule has 0 spiro atoms. The second-order valence-corrected chi connectivity index (χ2v) is 7.36. The second-order valence-electron chi connectivity index (χ2n) is 7.36. The van der Waals surface area contributed by atoms with Crippen molar-refractivity contribution in [3.8, 4) is 0 Å². The van der Waals surface area contributed by atoms with Gasteiger partial charge < -0.3 is 23.9 Å². The number of nitrogens with zero attached hydrogens (tertiary/aromatic N) is 3. The highest BCUT2D eigenvalue weighted by molar-refractivity contribution is 5.93. The zero-order valence-electron chi connectivity index (χ0n) is 15.8. The summed E-state index contributed by atoms with van der Waals surface area (Å²) in [7, 11) is 0. The van der Waals surface area contributed by atoms with Crippen LogP contribution in [0.5, 0.6) is 0 Å². The summed E-state index contributed by atoms with van der Waals surface area (Å²) in [5, 5.41) is 3.81. The van der Waals surface area contributed by atoms with Crippen LogP contribution >= 0.6 is 0 Å². The molecule has 2 aromatic heterocycles. The van der Waals surface area contributed by atoms with Crippen molar-refractivity contribution in [2.75, 3.05) is 19.7 Å². The highest BCUT2D eigenvalue weighted by Gasteiger charge is 2.33. The summed E-state index contributed by atoms with van der Waals surface area (Å²) in [6, 6.07) is 2.40. The first kappa shape index (κ1) is 18.3. The fourth-order valence-corrected chi connectivity index (χ4v) is 4.17. The van der Waals surface area contributed by atoms with E-state index in [-0.39, 0.29) is 18.1 Å². The molecule has 2 aliphatic rings. The number of imidazole rings is 1. The molecule has 0 bridgehead atoms. The smallest absolute Gasteiger partial charge is 0.257 e. The lowest BCUT2D eigenvalue weighted by atomic mass is 9.97. The number of furan rings is 1. The average molecular weight is 372 g/mol. The molecule has 0 saturated carbocycles. The number of hydrogen-bond acceptors (Lipinski definition) is 5. The minimum atomic E-state index is -0.000656. The fraction of sp³-hybridized carbons (Fsp3) is 0.600. The number of hydrogen-bond donors (Lipinski definition) is 1. The summed E-state index contributed by atoms with van der Waals surface area (Å²) >= 11 is 0. The molecule has 0 unspecified atom stereocenters. The Balaban J connectivity index is 1.35. The molecule has 0 aliphatic carbocycles. The summed E-state index contributed by atoms with van der Waals surface area (Å²) in [4.78, 5) is 18.9. The highest BCUT2D eigenvalue weighted by Crippen LogP contribution is 2.29. The van der Waals surface area contributed by atoms with Gasteiger partial charge in [-0.15, -0.1) is 0 Å². The summed E-state index contributed by atoms with van der Waals surface area (Å²) in [5.74, 6) is 1.08. The van der Waals surface area contributed by atoms with E-state index in [1.54, 1.807) is 12.3 Å². The van der Waals surface area contributed by atoms with Crippen LogP contribution in [0.1, 0.15) is 54.9 Å². The quantitative estimate of drug-likeness (QED) is 0.873. The van der Waals surface area contributed by atoms with E-state index >= 15 is 0 Å². The number of carbonyl (C=O) groups excluding carboxylic acids is 1. The van der Waals surface area contributed by atoms with Crippen molar-refractivity contribution in [1.82, 2.24) is 19.8 Å². The van der Waals surface area contributed by atoms with Crippen LogP contribution in [0.25, 0.3) is 0 Å². The molecule has 27 heavy (non-hydrogen) atoms. The zero-order chi connectivity index (χ0) is 18.6. The van der Waals surface area contributed by atoms with Gasteiger partial charge in [-0.1, -0.05) is 0 Å². The van der Waals surface area contributed by atoms with Crippen molar-refractivity contribution in [1.29, 1.82) is 0 Å². The Hall–Kier alpha value is -2.12. The number of carbonyl (C=O) groups is 1. The summed E-state index contributed by atoms with van der Waals surface area (Å²) in [6.07, 6.45) is 11.0. The summed E-state index contributed by atoms with van der Waals surface area (Å²) in [6.45, 7) is 5.35. The Morgan fingerprint density at radius 1 is 1.33 bits per heavy atom. The third-order valence-electron chi connectivity index (χ3n) is 5.67. The van der Waals surface area contributed by atoms with Gasteiger partial charge in [0.1, 0.15) is 18.2 Å². The molecular weight excluding hydrogens is 344 g/mol. The second kappa shape index (κ2) is 8.27. The number of likely N-dealkylation sites (tertiary alicyclic amines) is 1. The van der Waals surface area contributed by atoms with Crippen molar-refractivity contribution in [2.24, 2.45) is 0 Å². The van der Waals surface area contributed by atoms with Crippen molar-refractivity contribution in [2.45, 2.75) is 57.3 Å². The van der Waals surface area contributed by atoms with Crippen LogP contribution in [0.2, 0.25) is 0 Å². The van der Waals surface area contributed by atoms with Gasteiger partial charge in [-0.2, -0.15) is 0 Å². The Morgan fingerprint density at radius 3 is 2.93 bits per heavy atom. The third kappa shape index (κ3) is 3.94. The molecule has 0 radical (unpaired) electrons. The monoisotopic (exact) mass is 372 g/mol. The zero-order valence-corrected chi connectivity index (χ0v) is 15.8. The predicted molar refractivity (Wildman–Crippen MR) is 100 cm³/mol. The number of ether oxygens (including phenoxy) is 1. The molecule has 0 aromatic carbocycles. The topological polar surface area (TPSA) is 72.5 Å². The van der Waals surface area contributed by atoms with Gasteiger partial charge in [0.15, 0.2) is 0 Å². The number of amides is 1. The normalized spacial score (nSPS) is 24.3. The van der Waals surface area contributed by atoms with Crippen LogP contribution < -0.4 is 5.32 Å². The number of piperidine rings is 1. The first-order valence-corrected chi connectivity index (χ1v) is 9.96. The maximum Gasteiger partial charge on any atom is 0.257 e. The Morgan fingerprint density at radius 2 is 2.19 bits per heavy atom. The molecular formula is C20H28N4O3. The first-order chi connectivity index (χ1) is 13.3. The van der Waals surface area contributed by atoms with Gasteiger partial charge in [-0.25, -0.2) is 4.98 Å². The fourth-order valence-electron chi connectivity index (χ4n) is 4.17. The van der Waals surface area contributed by atoms with E-state index in [2.05, 4.69) is 21.8 Å². The largest absolute Gasteiger partial charge is 0.472 e. The lowest BCUT2D eigenvalue weighted by Crippen LogP contribution is -2.50. The molecule has 7 heteroatoms. The van der Waals surface area contributed by atoms with Gasteiger partial charge in [0.25, 0.3) is 5.91 Å². The van der Waals surface area contributed by atoms with Crippen molar-refractivity contribution < 1.29 is 13.9 Å². The van der Waals surface area contributed by atoms with Crippen LogP contribution in [0.15, 0.2) is 35.4 Å². The van der Waals surface area contributed by atoms with E-state index in [0.717, 1.165) is 57.7 Å². The van der Waals surface area contributed by atoms with E-state index in [9.17, 15) is 4.79 Å². The minimum absolute atomic E-state index is 0.000656. The standard InChI is InChI=1S/C20H28N4O3/c1-2-23-11-8-21-19(23)18-17(4-3-12-27-18)22-16-5-9-24(10-6-16)20(25)15-7-13-26-14-15/h7-8,11,13-14,16-18,22H,2-6,9-10,12H2,1H3/t17-,18-/m0/s1.